The Morgan fingerprint density at radius 1 is 1.33 bits per heavy atom. The third kappa shape index (κ3) is 4.43. The molecule has 2 rings (SSSR count). The van der Waals surface area contributed by atoms with Crippen LogP contribution in [0.1, 0.15) is 5.82 Å². The molecule has 2 aromatic rings. The van der Waals surface area contributed by atoms with Crippen LogP contribution in [0.4, 0.5) is 5.69 Å². The van der Waals surface area contributed by atoms with Crippen LogP contribution in [-0.4, -0.2) is 47.3 Å². The van der Waals surface area contributed by atoms with Crippen molar-refractivity contribution < 1.29 is 13.2 Å². The molecule has 0 aliphatic heterocycles. The standard InChI is InChI=1S/C12H17N5O3S/c1-17(8-12-14-9-15-16-12)21(18,19)7-6-20-11-4-2-10(13)3-5-11/h2-5,9H,6-8,13H2,1H3,(H,14,15,16). The zero-order valence-corrected chi connectivity index (χ0v) is 12.4. The van der Waals surface area contributed by atoms with Crippen molar-refractivity contribution in [3.05, 3.63) is 36.4 Å². The molecule has 114 valence electrons. The van der Waals surface area contributed by atoms with E-state index in [4.69, 9.17) is 10.5 Å². The summed E-state index contributed by atoms with van der Waals surface area (Å²) < 4.78 is 30.7. The number of ether oxygens (including phenoxy) is 1. The Kier molecular flexibility index (Phi) is 4.76. The Bertz CT molecular complexity index is 655. The normalized spacial score (nSPS) is 11.7. The summed E-state index contributed by atoms with van der Waals surface area (Å²) in [5.41, 5.74) is 6.18. The molecule has 0 aliphatic carbocycles. The quantitative estimate of drug-likeness (QED) is 0.707. The molecule has 0 bridgehead atoms. The molecular formula is C12H17N5O3S. The van der Waals surface area contributed by atoms with E-state index in [0.29, 0.717) is 17.3 Å². The first-order chi connectivity index (χ1) is 9.97. The first kappa shape index (κ1) is 15.3. The van der Waals surface area contributed by atoms with E-state index < -0.39 is 10.0 Å². The molecular weight excluding hydrogens is 294 g/mol. The number of aromatic amines is 1. The summed E-state index contributed by atoms with van der Waals surface area (Å²) in [7, 11) is -1.93. The Hall–Kier alpha value is -2.13. The summed E-state index contributed by atoms with van der Waals surface area (Å²) in [5.74, 6) is 0.944. The van der Waals surface area contributed by atoms with Crippen molar-refractivity contribution in [2.45, 2.75) is 6.54 Å². The number of aromatic nitrogens is 3. The van der Waals surface area contributed by atoms with Gasteiger partial charge in [-0.05, 0) is 24.3 Å². The maximum atomic E-state index is 12.1. The molecule has 1 aromatic carbocycles. The molecule has 0 saturated carbocycles. The molecule has 0 amide bonds. The van der Waals surface area contributed by atoms with Gasteiger partial charge in [0.25, 0.3) is 0 Å². The van der Waals surface area contributed by atoms with Gasteiger partial charge in [-0.15, -0.1) is 0 Å². The number of sulfonamides is 1. The van der Waals surface area contributed by atoms with Crippen LogP contribution in [0.25, 0.3) is 0 Å². The van der Waals surface area contributed by atoms with Gasteiger partial charge in [0.1, 0.15) is 24.5 Å². The second kappa shape index (κ2) is 6.55. The van der Waals surface area contributed by atoms with E-state index in [1.54, 1.807) is 24.3 Å². The first-order valence-electron chi connectivity index (χ1n) is 6.24. The minimum Gasteiger partial charge on any atom is -0.492 e. The fraction of sp³-hybridized carbons (Fsp3) is 0.333. The van der Waals surface area contributed by atoms with Gasteiger partial charge in [-0.25, -0.2) is 13.4 Å². The molecule has 0 unspecified atom stereocenters. The number of nitrogens with zero attached hydrogens (tertiary/aromatic N) is 3. The average Bonchev–Trinajstić information content (AvgIpc) is 2.94. The number of H-pyrrole nitrogens is 1. The zero-order valence-electron chi connectivity index (χ0n) is 11.6. The van der Waals surface area contributed by atoms with Crippen molar-refractivity contribution >= 4 is 15.7 Å². The summed E-state index contributed by atoms with van der Waals surface area (Å²) in [6.07, 6.45) is 1.33. The fourth-order valence-electron chi connectivity index (χ4n) is 1.60. The molecule has 0 aliphatic rings. The highest BCUT2D eigenvalue weighted by atomic mass is 32.2. The molecule has 1 aromatic heterocycles. The smallest absolute Gasteiger partial charge is 0.217 e. The highest BCUT2D eigenvalue weighted by Crippen LogP contribution is 2.13. The highest BCUT2D eigenvalue weighted by Gasteiger charge is 2.19. The van der Waals surface area contributed by atoms with Crippen molar-refractivity contribution in [2.24, 2.45) is 0 Å². The van der Waals surface area contributed by atoms with Crippen molar-refractivity contribution in [3.63, 3.8) is 0 Å². The number of rotatable bonds is 7. The van der Waals surface area contributed by atoms with E-state index >= 15 is 0 Å². The third-order valence-electron chi connectivity index (χ3n) is 2.80. The lowest BCUT2D eigenvalue weighted by molar-refractivity contribution is 0.336. The summed E-state index contributed by atoms with van der Waals surface area (Å²) >= 11 is 0. The predicted octanol–water partition coefficient (Wildman–Crippen LogP) is 0.227. The van der Waals surface area contributed by atoms with Crippen LogP contribution < -0.4 is 10.5 Å². The van der Waals surface area contributed by atoms with Gasteiger partial charge < -0.3 is 10.5 Å². The van der Waals surface area contributed by atoms with E-state index in [1.165, 1.54) is 17.7 Å². The van der Waals surface area contributed by atoms with Crippen LogP contribution in [0, 0.1) is 0 Å². The number of nitrogens with two attached hydrogens (primary N) is 1. The van der Waals surface area contributed by atoms with Gasteiger partial charge in [-0.3, -0.25) is 5.10 Å². The van der Waals surface area contributed by atoms with Gasteiger partial charge >= 0.3 is 0 Å². The van der Waals surface area contributed by atoms with Gasteiger partial charge in [-0.2, -0.15) is 9.40 Å². The molecule has 9 heteroatoms. The van der Waals surface area contributed by atoms with Crippen molar-refractivity contribution in [1.29, 1.82) is 0 Å². The summed E-state index contributed by atoms with van der Waals surface area (Å²) in [6.45, 7) is 0.206. The topological polar surface area (TPSA) is 114 Å². The van der Waals surface area contributed by atoms with Crippen molar-refractivity contribution in [1.82, 2.24) is 19.5 Å². The molecule has 0 spiro atoms. The van der Waals surface area contributed by atoms with Crippen LogP contribution >= 0.6 is 0 Å². The van der Waals surface area contributed by atoms with Crippen molar-refractivity contribution in [2.75, 3.05) is 25.1 Å². The Labute approximate surface area is 123 Å². The maximum Gasteiger partial charge on any atom is 0.217 e. The molecule has 0 fully saturated rings. The van der Waals surface area contributed by atoms with E-state index in [-0.39, 0.29) is 18.9 Å². The fourth-order valence-corrected chi connectivity index (χ4v) is 2.53. The molecule has 8 nitrogen and oxygen atoms in total. The number of nitrogens with one attached hydrogen (secondary N) is 1. The average molecular weight is 311 g/mol. The predicted molar refractivity (Wildman–Crippen MR) is 78.0 cm³/mol. The van der Waals surface area contributed by atoms with Crippen LogP contribution in [0.15, 0.2) is 30.6 Å². The molecule has 1 heterocycles. The van der Waals surface area contributed by atoms with Crippen LogP contribution in [0.3, 0.4) is 0 Å². The Balaban J connectivity index is 1.84. The lowest BCUT2D eigenvalue weighted by Crippen LogP contribution is -2.31. The summed E-state index contributed by atoms with van der Waals surface area (Å²) in [5, 5.41) is 6.29. The van der Waals surface area contributed by atoms with Gasteiger partial charge in [0.05, 0.1) is 12.3 Å². The number of benzene rings is 1. The lowest BCUT2D eigenvalue weighted by atomic mass is 10.3. The first-order valence-corrected chi connectivity index (χ1v) is 7.85. The van der Waals surface area contributed by atoms with Crippen LogP contribution in [0.5, 0.6) is 5.75 Å². The monoisotopic (exact) mass is 311 g/mol. The van der Waals surface area contributed by atoms with E-state index in [1.807, 2.05) is 0 Å². The zero-order chi connectivity index (χ0) is 15.3. The number of hydrogen-bond donors (Lipinski definition) is 2. The second-order valence-corrected chi connectivity index (χ2v) is 6.62. The Morgan fingerprint density at radius 2 is 2.05 bits per heavy atom. The van der Waals surface area contributed by atoms with Gasteiger partial charge in [0.15, 0.2) is 0 Å². The maximum absolute atomic E-state index is 12.1. The van der Waals surface area contributed by atoms with E-state index in [0.717, 1.165) is 0 Å². The van der Waals surface area contributed by atoms with Crippen molar-refractivity contribution in [3.8, 4) is 5.75 Å². The van der Waals surface area contributed by atoms with Gasteiger partial charge in [-0.1, -0.05) is 0 Å². The van der Waals surface area contributed by atoms with Gasteiger partial charge in [0, 0.05) is 12.7 Å². The number of anilines is 1. The SMILES string of the molecule is CN(Cc1ncn[nH]1)S(=O)(=O)CCOc1ccc(N)cc1. The number of hydrogen-bond acceptors (Lipinski definition) is 6. The van der Waals surface area contributed by atoms with E-state index in [2.05, 4.69) is 15.2 Å². The van der Waals surface area contributed by atoms with Crippen LogP contribution in [0.2, 0.25) is 0 Å². The van der Waals surface area contributed by atoms with Crippen LogP contribution in [-0.2, 0) is 16.6 Å². The third-order valence-corrected chi connectivity index (χ3v) is 4.56. The minimum atomic E-state index is -3.42. The largest absolute Gasteiger partial charge is 0.492 e. The molecule has 21 heavy (non-hydrogen) atoms. The summed E-state index contributed by atoms with van der Waals surface area (Å²) in [6, 6.07) is 6.78. The second-order valence-electron chi connectivity index (χ2n) is 4.42. The van der Waals surface area contributed by atoms with Gasteiger partial charge in [0.2, 0.25) is 10.0 Å². The molecule has 0 radical (unpaired) electrons. The Morgan fingerprint density at radius 3 is 2.67 bits per heavy atom. The summed E-state index contributed by atoms with van der Waals surface area (Å²) in [4.78, 5) is 3.89. The minimum absolute atomic E-state index is 0.0625. The highest BCUT2D eigenvalue weighted by molar-refractivity contribution is 7.89. The molecule has 0 saturated heterocycles. The molecule has 3 N–H and O–H groups in total. The lowest BCUT2D eigenvalue weighted by Gasteiger charge is -2.16. The number of nitrogen functional groups attached to an aromatic ring is 1. The molecule has 0 atom stereocenters. The van der Waals surface area contributed by atoms with E-state index in [9.17, 15) is 8.42 Å².